The van der Waals surface area contributed by atoms with Gasteiger partial charge in [0.2, 0.25) is 0 Å². The number of nitrogens with one attached hydrogen (secondary N) is 2. The molecule has 1 unspecified atom stereocenters. The lowest BCUT2D eigenvalue weighted by Crippen LogP contribution is -2.35. The Bertz CT molecular complexity index is 991. The summed E-state index contributed by atoms with van der Waals surface area (Å²) in [5.41, 5.74) is -1.01. The predicted octanol–water partition coefficient (Wildman–Crippen LogP) is 5.07. The van der Waals surface area contributed by atoms with Gasteiger partial charge in [-0.1, -0.05) is 23.8 Å². The Kier molecular flexibility index (Phi) is 6.66. The molecule has 0 spiro atoms. The summed E-state index contributed by atoms with van der Waals surface area (Å²) in [5.74, 6) is 0. The summed E-state index contributed by atoms with van der Waals surface area (Å²) < 4.78 is 39.1. The number of carbonyl (C=O) groups is 1. The second-order valence-electron chi connectivity index (χ2n) is 6.70. The maximum Gasteiger partial charge on any atom is 0.447 e. The van der Waals surface area contributed by atoms with Gasteiger partial charge >= 0.3 is 11.5 Å². The van der Waals surface area contributed by atoms with E-state index >= 15 is 0 Å². The van der Waals surface area contributed by atoms with Crippen LogP contribution in [0.4, 0.5) is 23.7 Å². The van der Waals surface area contributed by atoms with Crippen molar-refractivity contribution in [2.45, 2.75) is 37.0 Å². The van der Waals surface area contributed by atoms with Crippen molar-refractivity contribution in [3.8, 4) is 0 Å². The average Bonchev–Trinajstić information content (AvgIpc) is 3.15. The Hall–Kier alpha value is -3.01. The van der Waals surface area contributed by atoms with Crippen molar-refractivity contribution in [2.24, 2.45) is 0 Å². The zero-order chi connectivity index (χ0) is 21.7. The quantitative estimate of drug-likeness (QED) is 0.531. The summed E-state index contributed by atoms with van der Waals surface area (Å²) in [6.07, 6.45) is 6.31. The van der Waals surface area contributed by atoms with Crippen molar-refractivity contribution in [1.29, 1.82) is 0 Å². The fourth-order valence-electron chi connectivity index (χ4n) is 3.00. The number of alkyl halides is 3. The SMILES string of the molecule is Cc1ccc(C(Cn2ccnc2)NC(=O)Nc2ccc(SC(F)(F)F)nc2)c(C)c1. The monoisotopic (exact) mass is 435 g/mol. The van der Waals surface area contributed by atoms with Crippen LogP contribution in [0.15, 0.2) is 60.3 Å². The molecule has 0 saturated carbocycles. The van der Waals surface area contributed by atoms with Crippen LogP contribution in [-0.4, -0.2) is 26.1 Å². The molecule has 0 radical (unpaired) electrons. The minimum Gasteiger partial charge on any atom is -0.335 e. The van der Waals surface area contributed by atoms with E-state index in [-0.39, 0.29) is 22.8 Å². The number of hydrogen-bond donors (Lipinski definition) is 2. The molecule has 0 fully saturated rings. The van der Waals surface area contributed by atoms with Crippen LogP contribution in [0, 0.1) is 13.8 Å². The number of carbonyl (C=O) groups excluding carboxylic acids is 1. The highest BCUT2D eigenvalue weighted by molar-refractivity contribution is 8.00. The molecule has 6 nitrogen and oxygen atoms in total. The average molecular weight is 435 g/mol. The number of imidazole rings is 1. The second kappa shape index (κ2) is 9.21. The lowest BCUT2D eigenvalue weighted by Gasteiger charge is -2.22. The molecule has 158 valence electrons. The van der Waals surface area contributed by atoms with E-state index in [9.17, 15) is 18.0 Å². The Morgan fingerprint density at radius 3 is 2.63 bits per heavy atom. The maximum absolute atomic E-state index is 12.6. The van der Waals surface area contributed by atoms with Crippen molar-refractivity contribution in [3.05, 3.63) is 71.9 Å². The van der Waals surface area contributed by atoms with E-state index in [4.69, 9.17) is 0 Å². The molecule has 1 atom stereocenters. The minimum atomic E-state index is -4.41. The molecule has 0 bridgehead atoms. The highest BCUT2D eigenvalue weighted by Gasteiger charge is 2.30. The number of nitrogens with zero attached hydrogens (tertiary/aromatic N) is 3. The van der Waals surface area contributed by atoms with Crippen LogP contribution in [-0.2, 0) is 6.54 Å². The van der Waals surface area contributed by atoms with Crippen molar-refractivity contribution in [3.63, 3.8) is 0 Å². The van der Waals surface area contributed by atoms with Gasteiger partial charge in [0.25, 0.3) is 0 Å². The third kappa shape index (κ3) is 6.24. The molecule has 30 heavy (non-hydrogen) atoms. The number of hydrogen-bond acceptors (Lipinski definition) is 4. The maximum atomic E-state index is 12.6. The van der Waals surface area contributed by atoms with Crippen LogP contribution in [0.2, 0.25) is 0 Å². The first kappa shape index (κ1) is 21.7. The largest absolute Gasteiger partial charge is 0.447 e. The summed E-state index contributed by atoms with van der Waals surface area (Å²) in [6.45, 7) is 4.44. The molecular weight excluding hydrogens is 415 g/mol. The molecule has 2 N–H and O–H groups in total. The number of thioether (sulfide) groups is 1. The van der Waals surface area contributed by atoms with E-state index in [1.807, 2.05) is 36.6 Å². The van der Waals surface area contributed by atoms with E-state index in [0.717, 1.165) is 16.7 Å². The molecule has 0 saturated heterocycles. The van der Waals surface area contributed by atoms with Gasteiger partial charge in [0.1, 0.15) is 5.03 Å². The summed E-state index contributed by atoms with van der Waals surface area (Å²) >= 11 is -0.307. The first-order valence-corrected chi connectivity index (χ1v) is 9.83. The Balaban J connectivity index is 1.71. The first-order chi connectivity index (χ1) is 14.2. The van der Waals surface area contributed by atoms with Gasteiger partial charge in [-0.2, -0.15) is 13.2 Å². The summed E-state index contributed by atoms with van der Waals surface area (Å²) in [5, 5.41) is 5.34. The van der Waals surface area contributed by atoms with E-state index in [1.165, 1.54) is 18.3 Å². The molecule has 0 aliphatic heterocycles. The number of halogens is 3. The fourth-order valence-corrected chi connectivity index (χ4v) is 3.48. The number of anilines is 1. The van der Waals surface area contributed by atoms with Crippen LogP contribution >= 0.6 is 11.8 Å². The highest BCUT2D eigenvalue weighted by atomic mass is 32.2. The van der Waals surface area contributed by atoms with Crippen LogP contribution in [0.3, 0.4) is 0 Å². The van der Waals surface area contributed by atoms with Gasteiger partial charge in [-0.15, -0.1) is 0 Å². The van der Waals surface area contributed by atoms with Gasteiger partial charge in [0.05, 0.1) is 24.3 Å². The van der Waals surface area contributed by atoms with Gasteiger partial charge in [-0.25, -0.2) is 14.8 Å². The van der Waals surface area contributed by atoms with E-state index in [2.05, 4.69) is 20.6 Å². The first-order valence-electron chi connectivity index (χ1n) is 9.02. The highest BCUT2D eigenvalue weighted by Crippen LogP contribution is 2.35. The third-order valence-electron chi connectivity index (χ3n) is 4.27. The number of aryl methyl sites for hydroxylation is 2. The van der Waals surface area contributed by atoms with Crippen LogP contribution in [0.25, 0.3) is 0 Å². The molecule has 2 heterocycles. The smallest absolute Gasteiger partial charge is 0.335 e. The van der Waals surface area contributed by atoms with E-state index < -0.39 is 11.5 Å². The zero-order valence-corrected chi connectivity index (χ0v) is 17.1. The molecule has 0 aliphatic carbocycles. The number of rotatable bonds is 6. The van der Waals surface area contributed by atoms with Gasteiger partial charge in [0.15, 0.2) is 0 Å². The van der Waals surface area contributed by atoms with E-state index in [1.54, 1.807) is 18.7 Å². The standard InChI is InChI=1S/C20H20F3N5OS/c1-13-3-5-16(14(2)9-13)17(11-28-8-7-24-12-28)27-19(29)26-15-4-6-18(25-10-15)30-20(21,22)23/h3-10,12,17H,11H2,1-2H3,(H2,26,27,29). The number of benzene rings is 1. The lowest BCUT2D eigenvalue weighted by molar-refractivity contribution is -0.0329. The third-order valence-corrected chi connectivity index (χ3v) is 4.96. The minimum absolute atomic E-state index is 0.193. The number of aromatic nitrogens is 3. The number of amides is 2. The van der Waals surface area contributed by atoms with Gasteiger partial charge < -0.3 is 15.2 Å². The van der Waals surface area contributed by atoms with Crippen LogP contribution < -0.4 is 10.6 Å². The summed E-state index contributed by atoms with van der Waals surface area (Å²) in [6, 6.07) is 7.74. The molecule has 3 aromatic rings. The van der Waals surface area contributed by atoms with Crippen LogP contribution in [0.1, 0.15) is 22.7 Å². The molecule has 2 amide bonds. The summed E-state index contributed by atoms with van der Waals surface area (Å²) in [7, 11) is 0. The Morgan fingerprint density at radius 1 is 1.23 bits per heavy atom. The van der Waals surface area contributed by atoms with Gasteiger partial charge in [-0.3, -0.25) is 0 Å². The predicted molar refractivity (Wildman–Crippen MR) is 109 cm³/mol. The van der Waals surface area contributed by atoms with Crippen molar-refractivity contribution in [2.75, 3.05) is 5.32 Å². The molecular formula is C20H20F3N5OS. The molecule has 2 aromatic heterocycles. The molecule has 3 rings (SSSR count). The topological polar surface area (TPSA) is 71.8 Å². The Labute approximate surface area is 175 Å². The Morgan fingerprint density at radius 2 is 2.03 bits per heavy atom. The molecule has 1 aromatic carbocycles. The second-order valence-corrected chi connectivity index (χ2v) is 7.79. The number of urea groups is 1. The van der Waals surface area contributed by atoms with Gasteiger partial charge in [0, 0.05) is 30.7 Å². The normalized spacial score (nSPS) is 12.4. The van der Waals surface area contributed by atoms with Gasteiger partial charge in [-0.05, 0) is 37.1 Å². The van der Waals surface area contributed by atoms with Crippen molar-refractivity contribution < 1.29 is 18.0 Å². The fraction of sp³-hybridized carbons (Fsp3) is 0.250. The molecule has 0 aliphatic rings. The van der Waals surface area contributed by atoms with E-state index in [0.29, 0.717) is 12.2 Å². The zero-order valence-electron chi connectivity index (χ0n) is 16.3. The summed E-state index contributed by atoms with van der Waals surface area (Å²) in [4.78, 5) is 20.3. The van der Waals surface area contributed by atoms with Crippen molar-refractivity contribution in [1.82, 2.24) is 19.9 Å². The number of pyridine rings is 1. The van der Waals surface area contributed by atoms with Crippen molar-refractivity contribution >= 4 is 23.5 Å². The lowest BCUT2D eigenvalue weighted by atomic mass is 9.99. The molecule has 10 heteroatoms. The van der Waals surface area contributed by atoms with Crippen LogP contribution in [0.5, 0.6) is 0 Å².